The number of alkyl halides is 3. The molecule has 0 spiro atoms. The van der Waals surface area contributed by atoms with Gasteiger partial charge in [-0.2, -0.15) is 13.2 Å². The van der Waals surface area contributed by atoms with Crippen molar-refractivity contribution in [2.24, 2.45) is 0 Å². The number of ether oxygens (including phenoxy) is 1. The van der Waals surface area contributed by atoms with Gasteiger partial charge in [-0.1, -0.05) is 24.3 Å². The topological polar surface area (TPSA) is 9.23 Å². The van der Waals surface area contributed by atoms with Gasteiger partial charge in [0.05, 0.1) is 12.7 Å². The van der Waals surface area contributed by atoms with Gasteiger partial charge in [0.15, 0.2) is 46.5 Å². The molecule has 0 atom stereocenters. The van der Waals surface area contributed by atoms with Crippen molar-refractivity contribution in [2.45, 2.75) is 6.18 Å². The molecular formula is C28H10F12O. The van der Waals surface area contributed by atoms with E-state index in [1.54, 1.807) is 0 Å². The third kappa shape index (κ3) is 4.05. The van der Waals surface area contributed by atoms with Crippen LogP contribution in [0, 0.1) is 52.4 Å². The first-order chi connectivity index (χ1) is 19.2. The van der Waals surface area contributed by atoms with Gasteiger partial charge in [0.1, 0.15) is 17.1 Å². The molecule has 5 aromatic carbocycles. The second kappa shape index (κ2) is 9.60. The van der Waals surface area contributed by atoms with Crippen LogP contribution < -0.4 is 4.74 Å². The van der Waals surface area contributed by atoms with Gasteiger partial charge in [0.2, 0.25) is 0 Å². The second-order valence-electron chi connectivity index (χ2n) is 8.65. The fraction of sp³-hybridized carbons (Fsp3) is 0.0714. The normalized spacial score (nSPS) is 12.0. The molecule has 0 saturated heterocycles. The molecule has 0 aromatic heterocycles. The number of rotatable bonds is 3. The van der Waals surface area contributed by atoms with E-state index in [0.29, 0.717) is 6.07 Å². The van der Waals surface area contributed by atoms with Crippen LogP contribution in [0.3, 0.4) is 0 Å². The number of fused-ring (bicyclic) bond motifs is 2. The average molecular weight is 590 g/mol. The largest absolute Gasteiger partial charge is 0.497 e. The Morgan fingerprint density at radius 3 is 1.51 bits per heavy atom. The molecule has 0 unspecified atom stereocenters. The van der Waals surface area contributed by atoms with E-state index in [-0.39, 0.29) is 11.3 Å². The molecule has 212 valence electrons. The number of benzene rings is 5. The minimum Gasteiger partial charge on any atom is -0.497 e. The van der Waals surface area contributed by atoms with E-state index < -0.39 is 102 Å². The molecular weight excluding hydrogens is 580 g/mol. The maximum Gasteiger partial charge on any atom is 0.422 e. The number of hydrogen-bond acceptors (Lipinski definition) is 1. The van der Waals surface area contributed by atoms with Crippen molar-refractivity contribution in [3.8, 4) is 28.0 Å². The highest BCUT2D eigenvalue weighted by molar-refractivity contribution is 6.22. The van der Waals surface area contributed by atoms with Crippen molar-refractivity contribution in [1.82, 2.24) is 0 Å². The van der Waals surface area contributed by atoms with Gasteiger partial charge in [0, 0.05) is 27.3 Å². The molecule has 5 aromatic rings. The van der Waals surface area contributed by atoms with E-state index in [9.17, 15) is 30.7 Å². The molecule has 0 fully saturated rings. The lowest BCUT2D eigenvalue weighted by atomic mass is 9.84. The minimum absolute atomic E-state index is 0.118. The van der Waals surface area contributed by atoms with Crippen LogP contribution in [0.15, 0.2) is 42.5 Å². The smallest absolute Gasteiger partial charge is 0.422 e. The zero-order valence-electron chi connectivity index (χ0n) is 20.0. The van der Waals surface area contributed by atoms with Crippen LogP contribution in [0.4, 0.5) is 52.7 Å². The van der Waals surface area contributed by atoms with Gasteiger partial charge in [0.25, 0.3) is 0 Å². The van der Waals surface area contributed by atoms with E-state index in [1.807, 2.05) is 0 Å². The zero-order valence-corrected chi connectivity index (χ0v) is 20.0. The Labute approximate surface area is 221 Å². The molecule has 0 aliphatic carbocycles. The van der Waals surface area contributed by atoms with E-state index in [4.69, 9.17) is 4.74 Å². The molecule has 0 bridgehead atoms. The van der Waals surface area contributed by atoms with Gasteiger partial charge in [-0.15, -0.1) is 0 Å². The highest BCUT2D eigenvalue weighted by atomic mass is 19.4. The zero-order chi connectivity index (χ0) is 30.1. The molecule has 1 nitrogen and oxygen atoms in total. The summed E-state index contributed by atoms with van der Waals surface area (Å²) in [4.78, 5) is 0. The van der Waals surface area contributed by atoms with E-state index in [1.165, 1.54) is 31.4 Å². The predicted octanol–water partition coefficient (Wildman–Crippen LogP) is 9.61. The molecule has 41 heavy (non-hydrogen) atoms. The summed E-state index contributed by atoms with van der Waals surface area (Å²) in [5.74, 6) is -22.3. The molecule has 5 rings (SSSR count). The SMILES string of the molecule is COc1ccc(-c2c3cccc(F)c3c(-c3c(F)c(F)c(C(F)(F)F)c(F)c3F)c3c(F)c(F)c(F)c(F)c23)cc1. The number of halogens is 12. The summed E-state index contributed by atoms with van der Waals surface area (Å²) in [7, 11) is 1.28. The minimum atomic E-state index is -5.96. The van der Waals surface area contributed by atoms with E-state index in [0.717, 1.165) is 12.1 Å². The molecule has 13 heteroatoms. The Balaban J connectivity index is 2.14. The lowest BCUT2D eigenvalue weighted by molar-refractivity contribution is -0.143. The fourth-order valence-corrected chi connectivity index (χ4v) is 4.75. The van der Waals surface area contributed by atoms with Crippen LogP contribution in [-0.4, -0.2) is 7.11 Å². The van der Waals surface area contributed by atoms with Crippen LogP contribution in [0.2, 0.25) is 0 Å². The summed E-state index contributed by atoms with van der Waals surface area (Å²) in [5, 5.41) is -4.49. The van der Waals surface area contributed by atoms with Gasteiger partial charge >= 0.3 is 6.18 Å². The summed E-state index contributed by atoms with van der Waals surface area (Å²) < 4.78 is 180. The van der Waals surface area contributed by atoms with Gasteiger partial charge in [-0.05, 0) is 29.1 Å². The highest BCUT2D eigenvalue weighted by Gasteiger charge is 2.43. The highest BCUT2D eigenvalue weighted by Crippen LogP contribution is 2.50. The van der Waals surface area contributed by atoms with Crippen molar-refractivity contribution in [2.75, 3.05) is 7.11 Å². The molecule has 0 amide bonds. The lowest BCUT2D eigenvalue weighted by Gasteiger charge is -2.21. The molecule has 0 aliphatic rings. The maximum absolute atomic E-state index is 15.5. The van der Waals surface area contributed by atoms with Crippen molar-refractivity contribution in [3.05, 3.63) is 100 Å². The van der Waals surface area contributed by atoms with Crippen LogP contribution in [0.5, 0.6) is 5.75 Å². The van der Waals surface area contributed by atoms with Crippen LogP contribution in [-0.2, 0) is 6.18 Å². The molecule has 0 heterocycles. The first-order valence-corrected chi connectivity index (χ1v) is 11.2. The van der Waals surface area contributed by atoms with E-state index >= 15 is 22.0 Å². The van der Waals surface area contributed by atoms with Crippen molar-refractivity contribution in [3.63, 3.8) is 0 Å². The predicted molar refractivity (Wildman–Crippen MR) is 124 cm³/mol. The van der Waals surface area contributed by atoms with Crippen molar-refractivity contribution >= 4 is 21.5 Å². The van der Waals surface area contributed by atoms with Crippen LogP contribution in [0.25, 0.3) is 43.8 Å². The standard InChI is InChI=1S/C28H10F12O/c1-41-10-7-5-9(6-8-10)13-11-3-2-4-12(29)14(11)15(17-16(13)20(30)26(36)27(37)21(17)31)18-22(32)24(34)19(28(38,39)40)25(35)23(18)33/h2-8H,1H3. The molecule has 0 aliphatic heterocycles. The summed E-state index contributed by atoms with van der Waals surface area (Å²) in [6.07, 6.45) is -5.96. The Hall–Kier alpha value is -4.42. The summed E-state index contributed by atoms with van der Waals surface area (Å²) in [5.41, 5.74) is -7.37. The third-order valence-electron chi connectivity index (χ3n) is 6.48. The van der Waals surface area contributed by atoms with Crippen LogP contribution in [0.1, 0.15) is 5.56 Å². The van der Waals surface area contributed by atoms with E-state index in [2.05, 4.69) is 0 Å². The number of hydrogen-bond donors (Lipinski definition) is 0. The summed E-state index contributed by atoms with van der Waals surface area (Å²) >= 11 is 0. The van der Waals surface area contributed by atoms with Crippen LogP contribution >= 0.6 is 0 Å². The van der Waals surface area contributed by atoms with Crippen molar-refractivity contribution in [1.29, 1.82) is 0 Å². The van der Waals surface area contributed by atoms with Gasteiger partial charge in [-0.3, -0.25) is 0 Å². The Kier molecular flexibility index (Phi) is 6.58. The Morgan fingerprint density at radius 2 is 1.02 bits per heavy atom. The Bertz CT molecular complexity index is 1860. The summed E-state index contributed by atoms with van der Waals surface area (Å²) in [6.45, 7) is 0. The molecule has 0 saturated carbocycles. The third-order valence-corrected chi connectivity index (χ3v) is 6.48. The van der Waals surface area contributed by atoms with Gasteiger partial charge < -0.3 is 4.74 Å². The quantitative estimate of drug-likeness (QED) is 0.0880. The lowest BCUT2D eigenvalue weighted by Crippen LogP contribution is -2.16. The monoisotopic (exact) mass is 590 g/mol. The number of methoxy groups -OCH3 is 1. The maximum atomic E-state index is 15.5. The first-order valence-electron chi connectivity index (χ1n) is 11.2. The average Bonchev–Trinajstić information content (AvgIpc) is 2.93. The Morgan fingerprint density at radius 1 is 0.512 bits per heavy atom. The van der Waals surface area contributed by atoms with Gasteiger partial charge in [-0.25, -0.2) is 39.5 Å². The fourth-order valence-electron chi connectivity index (χ4n) is 4.75. The second-order valence-corrected chi connectivity index (χ2v) is 8.65. The first kappa shape index (κ1) is 28.1. The summed E-state index contributed by atoms with van der Waals surface area (Å²) in [6, 6.07) is 7.56. The van der Waals surface area contributed by atoms with Crippen molar-refractivity contribution < 1.29 is 57.4 Å². The molecule has 0 N–H and O–H groups in total. The molecule has 0 radical (unpaired) electrons.